The zero-order valence-corrected chi connectivity index (χ0v) is 16.9. The van der Waals surface area contributed by atoms with Gasteiger partial charge in [0.15, 0.2) is 0 Å². The van der Waals surface area contributed by atoms with Gasteiger partial charge in [-0.05, 0) is 38.7 Å². The highest BCUT2D eigenvalue weighted by atomic mass is 16.3. The second kappa shape index (κ2) is 7.33. The molecule has 0 N–H and O–H groups in total. The molecule has 1 aliphatic rings. The standard InChI is InChI=1S/C21H29N3O3/c1-14-10-17(15(2)27-14)20(26)23-8-6-16(7-9-23)12-24-13-22-18(11-19(24)25)21(3,4)5/h10-11,13,16H,6-9,12H2,1-5H3. The fourth-order valence-electron chi connectivity index (χ4n) is 3.58. The Morgan fingerprint density at radius 3 is 2.41 bits per heavy atom. The van der Waals surface area contributed by atoms with Gasteiger partial charge in [-0.1, -0.05) is 20.8 Å². The van der Waals surface area contributed by atoms with Gasteiger partial charge in [0, 0.05) is 31.1 Å². The molecule has 0 bridgehead atoms. The number of piperidine rings is 1. The Balaban J connectivity index is 1.61. The van der Waals surface area contributed by atoms with Crippen LogP contribution in [-0.4, -0.2) is 33.4 Å². The van der Waals surface area contributed by atoms with Crippen molar-refractivity contribution in [1.29, 1.82) is 0 Å². The molecule has 27 heavy (non-hydrogen) atoms. The lowest BCUT2D eigenvalue weighted by molar-refractivity contribution is 0.0680. The van der Waals surface area contributed by atoms with Crippen LogP contribution in [0, 0.1) is 19.8 Å². The lowest BCUT2D eigenvalue weighted by Crippen LogP contribution is -2.40. The largest absolute Gasteiger partial charge is 0.466 e. The van der Waals surface area contributed by atoms with E-state index in [1.54, 1.807) is 17.0 Å². The third kappa shape index (κ3) is 4.31. The molecule has 6 nitrogen and oxygen atoms in total. The molecule has 0 saturated carbocycles. The van der Waals surface area contributed by atoms with Crippen LogP contribution in [0.3, 0.4) is 0 Å². The van der Waals surface area contributed by atoms with Gasteiger partial charge < -0.3 is 9.32 Å². The van der Waals surface area contributed by atoms with Gasteiger partial charge in [0.2, 0.25) is 0 Å². The van der Waals surface area contributed by atoms with Crippen LogP contribution in [0.2, 0.25) is 0 Å². The van der Waals surface area contributed by atoms with E-state index in [1.165, 1.54) is 0 Å². The Bertz CT molecular complexity index is 881. The van der Waals surface area contributed by atoms with Crippen molar-refractivity contribution >= 4 is 5.91 Å². The number of carbonyl (C=O) groups is 1. The topological polar surface area (TPSA) is 68.3 Å². The highest BCUT2D eigenvalue weighted by Gasteiger charge is 2.26. The number of nitrogens with zero attached hydrogens (tertiary/aromatic N) is 3. The Labute approximate surface area is 160 Å². The van der Waals surface area contributed by atoms with Crippen LogP contribution in [0.4, 0.5) is 0 Å². The molecule has 3 heterocycles. The van der Waals surface area contributed by atoms with Gasteiger partial charge in [-0.25, -0.2) is 4.98 Å². The Morgan fingerprint density at radius 1 is 1.22 bits per heavy atom. The van der Waals surface area contributed by atoms with Crippen LogP contribution < -0.4 is 5.56 Å². The summed E-state index contributed by atoms with van der Waals surface area (Å²) in [6.07, 6.45) is 3.43. The van der Waals surface area contributed by atoms with Gasteiger partial charge in [-0.15, -0.1) is 0 Å². The second-order valence-electron chi connectivity index (χ2n) is 8.58. The third-order valence-corrected chi connectivity index (χ3v) is 5.28. The molecular formula is C21H29N3O3. The summed E-state index contributed by atoms with van der Waals surface area (Å²) in [7, 11) is 0. The molecule has 1 amide bonds. The number of hydrogen-bond acceptors (Lipinski definition) is 4. The molecule has 3 rings (SSSR count). The Morgan fingerprint density at radius 2 is 1.89 bits per heavy atom. The highest BCUT2D eigenvalue weighted by molar-refractivity contribution is 5.95. The van der Waals surface area contributed by atoms with E-state index in [1.807, 2.05) is 24.8 Å². The van der Waals surface area contributed by atoms with Crippen molar-refractivity contribution in [3.8, 4) is 0 Å². The summed E-state index contributed by atoms with van der Waals surface area (Å²) in [4.78, 5) is 31.4. The summed E-state index contributed by atoms with van der Waals surface area (Å²) in [6.45, 7) is 11.9. The fraction of sp³-hybridized carbons (Fsp3) is 0.571. The number of aryl methyl sites for hydroxylation is 2. The van der Waals surface area contributed by atoms with Crippen molar-refractivity contribution < 1.29 is 9.21 Å². The number of hydrogen-bond donors (Lipinski definition) is 0. The van der Waals surface area contributed by atoms with Crippen molar-refractivity contribution in [2.45, 2.75) is 59.4 Å². The predicted octanol–water partition coefficient (Wildman–Crippen LogP) is 3.30. The number of furan rings is 1. The Hall–Kier alpha value is -2.37. The maximum atomic E-state index is 12.7. The maximum Gasteiger partial charge on any atom is 0.257 e. The zero-order chi connectivity index (χ0) is 19.8. The van der Waals surface area contributed by atoms with E-state index in [-0.39, 0.29) is 16.9 Å². The molecule has 0 aromatic carbocycles. The van der Waals surface area contributed by atoms with E-state index < -0.39 is 0 Å². The first-order valence-electron chi connectivity index (χ1n) is 9.58. The van der Waals surface area contributed by atoms with Crippen molar-refractivity contribution in [2.24, 2.45) is 5.92 Å². The average Bonchev–Trinajstić information content (AvgIpc) is 2.94. The Kier molecular flexibility index (Phi) is 5.27. The van der Waals surface area contributed by atoms with Crippen molar-refractivity contribution in [3.63, 3.8) is 0 Å². The smallest absolute Gasteiger partial charge is 0.257 e. The molecule has 146 valence electrons. The summed E-state index contributed by atoms with van der Waals surface area (Å²) >= 11 is 0. The van der Waals surface area contributed by atoms with Crippen LogP contribution in [0.25, 0.3) is 0 Å². The molecule has 0 atom stereocenters. The first-order chi connectivity index (χ1) is 12.6. The van der Waals surface area contributed by atoms with E-state index in [9.17, 15) is 9.59 Å². The van der Waals surface area contributed by atoms with Gasteiger partial charge in [0.25, 0.3) is 11.5 Å². The number of rotatable bonds is 3. The second-order valence-corrected chi connectivity index (χ2v) is 8.58. The average molecular weight is 371 g/mol. The normalized spacial score (nSPS) is 16.0. The lowest BCUT2D eigenvalue weighted by atomic mass is 9.92. The van der Waals surface area contributed by atoms with Crippen molar-refractivity contribution in [3.05, 3.63) is 51.6 Å². The summed E-state index contributed by atoms with van der Waals surface area (Å²) in [6, 6.07) is 3.45. The van der Waals surface area contributed by atoms with E-state index in [0.29, 0.717) is 36.9 Å². The van der Waals surface area contributed by atoms with Gasteiger partial charge in [0.05, 0.1) is 17.6 Å². The monoisotopic (exact) mass is 371 g/mol. The lowest BCUT2D eigenvalue weighted by Gasteiger charge is -2.32. The molecular weight excluding hydrogens is 342 g/mol. The molecule has 6 heteroatoms. The van der Waals surface area contributed by atoms with Crippen LogP contribution >= 0.6 is 0 Å². The maximum absolute atomic E-state index is 12.7. The predicted molar refractivity (Wildman–Crippen MR) is 104 cm³/mol. The minimum absolute atomic E-state index is 0.00192. The molecule has 1 saturated heterocycles. The molecule has 2 aromatic rings. The van der Waals surface area contributed by atoms with Crippen LogP contribution in [0.15, 0.2) is 27.7 Å². The van der Waals surface area contributed by atoms with E-state index in [2.05, 4.69) is 25.8 Å². The summed E-state index contributed by atoms with van der Waals surface area (Å²) in [5.41, 5.74) is 1.34. The summed E-state index contributed by atoms with van der Waals surface area (Å²) in [5, 5.41) is 0. The van der Waals surface area contributed by atoms with E-state index in [0.717, 1.165) is 24.3 Å². The van der Waals surface area contributed by atoms with Gasteiger partial charge in [-0.2, -0.15) is 0 Å². The van der Waals surface area contributed by atoms with Crippen LogP contribution in [-0.2, 0) is 12.0 Å². The van der Waals surface area contributed by atoms with Gasteiger partial charge in [-0.3, -0.25) is 14.2 Å². The molecule has 1 aliphatic heterocycles. The number of carbonyl (C=O) groups excluding carboxylic acids is 1. The number of aromatic nitrogens is 2. The van der Waals surface area contributed by atoms with Gasteiger partial charge in [0.1, 0.15) is 11.5 Å². The quantitative estimate of drug-likeness (QED) is 0.830. The molecule has 2 aromatic heterocycles. The van der Waals surface area contributed by atoms with E-state index >= 15 is 0 Å². The summed E-state index contributed by atoms with van der Waals surface area (Å²) in [5.74, 6) is 1.85. The molecule has 0 radical (unpaired) electrons. The molecule has 1 fully saturated rings. The molecule has 0 aliphatic carbocycles. The minimum Gasteiger partial charge on any atom is -0.466 e. The third-order valence-electron chi connectivity index (χ3n) is 5.28. The first-order valence-corrected chi connectivity index (χ1v) is 9.58. The molecule has 0 spiro atoms. The summed E-state index contributed by atoms with van der Waals surface area (Å²) < 4.78 is 7.18. The number of amides is 1. The SMILES string of the molecule is Cc1cc(C(=O)N2CCC(Cn3cnc(C(C)(C)C)cc3=O)CC2)c(C)o1. The zero-order valence-electron chi connectivity index (χ0n) is 16.9. The van der Waals surface area contributed by atoms with Gasteiger partial charge >= 0.3 is 0 Å². The highest BCUT2D eigenvalue weighted by Crippen LogP contribution is 2.23. The van der Waals surface area contributed by atoms with Crippen molar-refractivity contribution in [2.75, 3.05) is 13.1 Å². The van der Waals surface area contributed by atoms with Crippen LogP contribution in [0.1, 0.15) is 61.2 Å². The molecule has 0 unspecified atom stereocenters. The first kappa shape index (κ1) is 19.4. The van der Waals surface area contributed by atoms with Crippen molar-refractivity contribution in [1.82, 2.24) is 14.5 Å². The fourth-order valence-corrected chi connectivity index (χ4v) is 3.58. The minimum atomic E-state index is -0.131. The number of likely N-dealkylation sites (tertiary alicyclic amines) is 1. The van der Waals surface area contributed by atoms with E-state index in [4.69, 9.17) is 4.42 Å². The van der Waals surface area contributed by atoms with Crippen LogP contribution in [0.5, 0.6) is 0 Å².